The Kier molecular flexibility index (Phi) is 3.43. The van der Waals surface area contributed by atoms with E-state index in [1.54, 1.807) is 24.3 Å². The van der Waals surface area contributed by atoms with Gasteiger partial charge in [-0.25, -0.2) is 14.3 Å². The zero-order valence-electron chi connectivity index (χ0n) is 10.8. The fourth-order valence-corrected chi connectivity index (χ4v) is 1.90. The van der Waals surface area contributed by atoms with Crippen molar-refractivity contribution in [1.82, 2.24) is 9.78 Å². The van der Waals surface area contributed by atoms with Crippen molar-refractivity contribution in [1.29, 1.82) is 0 Å². The second kappa shape index (κ2) is 5.04. The van der Waals surface area contributed by atoms with Gasteiger partial charge >= 0.3 is 11.9 Å². The number of ether oxygens (including phenoxy) is 1. The van der Waals surface area contributed by atoms with Crippen LogP contribution < -0.4 is 4.74 Å². The highest BCUT2D eigenvalue weighted by molar-refractivity contribution is 6.01. The largest absolute Gasteiger partial charge is 0.497 e. The molecule has 7 nitrogen and oxygen atoms in total. The second-order valence-electron chi connectivity index (χ2n) is 4.03. The molecule has 2 N–H and O–H groups in total. The number of hydrogen-bond donors (Lipinski definition) is 2. The molecule has 7 heteroatoms. The van der Waals surface area contributed by atoms with Crippen LogP contribution in [0.3, 0.4) is 0 Å². The van der Waals surface area contributed by atoms with Gasteiger partial charge in [-0.1, -0.05) is 6.07 Å². The van der Waals surface area contributed by atoms with Crippen LogP contribution in [-0.2, 0) is 0 Å². The van der Waals surface area contributed by atoms with Gasteiger partial charge in [0.2, 0.25) is 0 Å². The second-order valence-corrected chi connectivity index (χ2v) is 4.03. The minimum atomic E-state index is -1.38. The molecule has 0 saturated heterocycles. The number of carboxylic acids is 2. The Hall–Kier alpha value is -2.83. The van der Waals surface area contributed by atoms with Gasteiger partial charge in [0.25, 0.3) is 0 Å². The summed E-state index contributed by atoms with van der Waals surface area (Å²) in [5, 5.41) is 22.0. The first-order valence-electron chi connectivity index (χ1n) is 5.66. The molecule has 20 heavy (non-hydrogen) atoms. The highest BCUT2D eigenvalue weighted by Crippen LogP contribution is 2.21. The quantitative estimate of drug-likeness (QED) is 0.879. The molecule has 0 saturated carbocycles. The van der Waals surface area contributed by atoms with Crippen molar-refractivity contribution >= 4 is 11.9 Å². The lowest BCUT2D eigenvalue weighted by atomic mass is 10.2. The van der Waals surface area contributed by atoms with Crippen molar-refractivity contribution in [2.24, 2.45) is 0 Å². The molecule has 1 aromatic heterocycles. The van der Waals surface area contributed by atoms with Crippen molar-refractivity contribution in [3.63, 3.8) is 0 Å². The summed E-state index contributed by atoms with van der Waals surface area (Å²) in [5.74, 6) is -2.15. The number of carboxylic acid groups (broad SMARTS) is 2. The maximum atomic E-state index is 11.2. The highest BCUT2D eigenvalue weighted by atomic mass is 16.5. The minimum Gasteiger partial charge on any atom is -0.497 e. The molecule has 0 aliphatic heterocycles. The Morgan fingerprint density at radius 2 is 1.95 bits per heavy atom. The summed E-state index contributed by atoms with van der Waals surface area (Å²) in [4.78, 5) is 22.3. The summed E-state index contributed by atoms with van der Waals surface area (Å²) < 4.78 is 6.35. The van der Waals surface area contributed by atoms with Crippen molar-refractivity contribution in [3.8, 4) is 11.4 Å². The highest BCUT2D eigenvalue weighted by Gasteiger charge is 2.25. The van der Waals surface area contributed by atoms with Crippen molar-refractivity contribution < 1.29 is 24.5 Å². The van der Waals surface area contributed by atoms with Crippen LogP contribution in [0, 0.1) is 6.92 Å². The molecule has 0 unspecified atom stereocenters. The van der Waals surface area contributed by atoms with E-state index in [4.69, 9.17) is 14.9 Å². The van der Waals surface area contributed by atoms with E-state index in [1.807, 2.05) is 0 Å². The van der Waals surface area contributed by atoms with Gasteiger partial charge in [-0.05, 0) is 19.1 Å². The van der Waals surface area contributed by atoms with E-state index >= 15 is 0 Å². The predicted molar refractivity (Wildman–Crippen MR) is 68.8 cm³/mol. The normalized spacial score (nSPS) is 10.3. The average molecular weight is 276 g/mol. The number of rotatable bonds is 4. The molecular formula is C13H12N2O5. The molecule has 1 aromatic carbocycles. The zero-order valence-corrected chi connectivity index (χ0v) is 10.8. The Bertz CT molecular complexity index is 690. The van der Waals surface area contributed by atoms with Gasteiger partial charge in [0, 0.05) is 6.07 Å². The van der Waals surface area contributed by atoms with Gasteiger partial charge in [-0.3, -0.25) is 0 Å². The SMILES string of the molecule is COc1cccc(-n2nc(C(=O)O)c(C(=O)O)c2C)c1. The summed E-state index contributed by atoms with van der Waals surface area (Å²) in [6.07, 6.45) is 0. The first-order valence-corrected chi connectivity index (χ1v) is 5.66. The van der Waals surface area contributed by atoms with Crippen LogP contribution in [0.2, 0.25) is 0 Å². The van der Waals surface area contributed by atoms with Gasteiger partial charge in [0.05, 0.1) is 18.5 Å². The lowest BCUT2D eigenvalue weighted by Crippen LogP contribution is -2.07. The molecule has 0 amide bonds. The summed E-state index contributed by atoms with van der Waals surface area (Å²) in [6, 6.07) is 6.74. The summed E-state index contributed by atoms with van der Waals surface area (Å²) in [6.45, 7) is 1.50. The molecule has 0 radical (unpaired) electrons. The Balaban J connectivity index is 2.66. The topological polar surface area (TPSA) is 102 Å². The van der Waals surface area contributed by atoms with Gasteiger partial charge in [0.15, 0.2) is 5.69 Å². The van der Waals surface area contributed by atoms with Gasteiger partial charge in [-0.2, -0.15) is 5.10 Å². The molecule has 0 aliphatic rings. The van der Waals surface area contributed by atoms with Crippen LogP contribution in [0.4, 0.5) is 0 Å². The van der Waals surface area contributed by atoms with E-state index in [1.165, 1.54) is 18.7 Å². The smallest absolute Gasteiger partial charge is 0.357 e. The number of benzene rings is 1. The Morgan fingerprint density at radius 1 is 1.25 bits per heavy atom. The number of methoxy groups -OCH3 is 1. The van der Waals surface area contributed by atoms with Crippen LogP contribution in [-0.4, -0.2) is 39.0 Å². The van der Waals surface area contributed by atoms with Crippen LogP contribution in [0.1, 0.15) is 26.5 Å². The fraction of sp³-hybridized carbons (Fsp3) is 0.154. The lowest BCUT2D eigenvalue weighted by molar-refractivity contribution is 0.0648. The number of aromatic carboxylic acids is 2. The molecule has 1 heterocycles. The number of carbonyl (C=O) groups is 2. The van der Waals surface area contributed by atoms with Gasteiger partial charge in [-0.15, -0.1) is 0 Å². The monoisotopic (exact) mass is 276 g/mol. The number of nitrogens with zero attached hydrogens (tertiary/aromatic N) is 2. The third-order valence-corrected chi connectivity index (χ3v) is 2.83. The van der Waals surface area contributed by atoms with Crippen LogP contribution >= 0.6 is 0 Å². The maximum absolute atomic E-state index is 11.2. The van der Waals surface area contributed by atoms with E-state index in [9.17, 15) is 9.59 Å². The summed E-state index contributed by atoms with van der Waals surface area (Å²) >= 11 is 0. The summed E-state index contributed by atoms with van der Waals surface area (Å²) in [7, 11) is 1.50. The number of aromatic nitrogens is 2. The van der Waals surface area contributed by atoms with E-state index < -0.39 is 17.6 Å². The molecule has 2 aromatic rings. The molecule has 104 valence electrons. The standard InChI is InChI=1S/C13H12N2O5/c1-7-10(12(16)17)11(13(18)19)14-15(7)8-4-3-5-9(6-8)20-2/h3-6H,1-2H3,(H,16,17)(H,18,19). The third kappa shape index (κ3) is 2.20. The van der Waals surface area contributed by atoms with E-state index in [2.05, 4.69) is 5.10 Å². The Morgan fingerprint density at radius 3 is 2.45 bits per heavy atom. The fourth-order valence-electron chi connectivity index (χ4n) is 1.90. The van der Waals surface area contributed by atoms with Crippen molar-refractivity contribution in [2.45, 2.75) is 6.92 Å². The predicted octanol–water partition coefficient (Wildman–Crippen LogP) is 1.59. The molecule has 0 bridgehead atoms. The minimum absolute atomic E-state index is 0.239. The zero-order chi connectivity index (χ0) is 14.9. The third-order valence-electron chi connectivity index (χ3n) is 2.83. The molecule has 2 rings (SSSR count). The first-order chi connectivity index (χ1) is 9.45. The Labute approximate surface area is 114 Å². The molecule has 0 spiro atoms. The van der Waals surface area contributed by atoms with Gasteiger partial charge < -0.3 is 14.9 Å². The van der Waals surface area contributed by atoms with Crippen molar-refractivity contribution in [3.05, 3.63) is 41.2 Å². The average Bonchev–Trinajstić information content (AvgIpc) is 2.77. The molecular weight excluding hydrogens is 264 g/mol. The molecule has 0 atom stereocenters. The lowest BCUT2D eigenvalue weighted by Gasteiger charge is -2.06. The molecule has 0 fully saturated rings. The van der Waals surface area contributed by atoms with Crippen LogP contribution in [0.25, 0.3) is 5.69 Å². The van der Waals surface area contributed by atoms with E-state index in [0.29, 0.717) is 11.4 Å². The van der Waals surface area contributed by atoms with Crippen LogP contribution in [0.15, 0.2) is 24.3 Å². The number of hydrogen-bond acceptors (Lipinski definition) is 4. The first kappa shape index (κ1) is 13.6. The van der Waals surface area contributed by atoms with Crippen LogP contribution in [0.5, 0.6) is 5.75 Å². The maximum Gasteiger partial charge on any atom is 0.357 e. The summed E-state index contributed by atoms with van der Waals surface area (Å²) in [5.41, 5.74) is -0.0434. The van der Waals surface area contributed by atoms with E-state index in [-0.39, 0.29) is 11.3 Å². The van der Waals surface area contributed by atoms with Gasteiger partial charge in [0.1, 0.15) is 11.3 Å². The van der Waals surface area contributed by atoms with Crippen molar-refractivity contribution in [2.75, 3.05) is 7.11 Å². The van der Waals surface area contributed by atoms with E-state index in [0.717, 1.165) is 0 Å². The molecule has 0 aliphatic carbocycles.